The highest BCUT2D eigenvalue weighted by molar-refractivity contribution is 6.21. The van der Waals surface area contributed by atoms with Crippen molar-refractivity contribution in [3.63, 3.8) is 0 Å². The largest absolute Gasteiger partial charge is 0.419 e. The van der Waals surface area contributed by atoms with Gasteiger partial charge in [0.2, 0.25) is 0 Å². The molecule has 0 N–H and O–H groups in total. The summed E-state index contributed by atoms with van der Waals surface area (Å²) < 4.78 is 12.6. The average Bonchev–Trinajstić information content (AvgIpc) is 2.99. The van der Waals surface area contributed by atoms with E-state index in [0.29, 0.717) is 18.0 Å². The fraction of sp³-hybridized carbons (Fsp3) is 0.533. The van der Waals surface area contributed by atoms with Crippen molar-refractivity contribution in [3.8, 4) is 0 Å². The first-order chi connectivity index (χ1) is 9.61. The fourth-order valence-electron chi connectivity index (χ4n) is 2.84. The van der Waals surface area contributed by atoms with Gasteiger partial charge < -0.3 is 9.15 Å². The number of ether oxygens (including phenoxy) is 1. The SMILES string of the molecule is CCn1c(=O)oc2cc(C(Cl)C3OCCC3C)ccc21. The molecular weight excluding hydrogens is 278 g/mol. The van der Waals surface area contributed by atoms with E-state index in [1.807, 2.05) is 25.1 Å². The lowest BCUT2D eigenvalue weighted by Crippen LogP contribution is -2.19. The number of oxazole rings is 1. The third-order valence-corrected chi connectivity index (χ3v) is 4.56. The second kappa shape index (κ2) is 5.26. The molecule has 4 nitrogen and oxygen atoms in total. The Labute approximate surface area is 122 Å². The maximum Gasteiger partial charge on any atom is 0.419 e. The van der Waals surface area contributed by atoms with Gasteiger partial charge in [0.1, 0.15) is 0 Å². The normalized spacial score (nSPS) is 24.4. The molecule has 1 aliphatic rings. The summed E-state index contributed by atoms with van der Waals surface area (Å²) >= 11 is 6.54. The molecule has 20 heavy (non-hydrogen) atoms. The van der Waals surface area contributed by atoms with E-state index in [1.54, 1.807) is 4.57 Å². The van der Waals surface area contributed by atoms with Crippen molar-refractivity contribution in [2.45, 2.75) is 38.3 Å². The van der Waals surface area contributed by atoms with Gasteiger partial charge in [0.15, 0.2) is 5.58 Å². The number of benzene rings is 1. The van der Waals surface area contributed by atoms with Crippen molar-refractivity contribution < 1.29 is 9.15 Å². The lowest BCUT2D eigenvalue weighted by Gasteiger charge is -2.20. The van der Waals surface area contributed by atoms with Crippen molar-refractivity contribution >= 4 is 22.7 Å². The lowest BCUT2D eigenvalue weighted by atomic mass is 9.97. The van der Waals surface area contributed by atoms with Crippen LogP contribution in [0.3, 0.4) is 0 Å². The standard InChI is InChI=1S/C15H18ClNO3/c1-3-17-11-5-4-10(8-12(11)20-15(17)18)13(16)14-9(2)6-7-19-14/h4-5,8-9,13-14H,3,6-7H2,1-2H3. The summed E-state index contributed by atoms with van der Waals surface area (Å²) in [5.74, 6) is 0.122. The van der Waals surface area contributed by atoms with E-state index in [2.05, 4.69) is 6.92 Å². The highest BCUT2D eigenvalue weighted by Crippen LogP contribution is 2.36. The monoisotopic (exact) mass is 295 g/mol. The van der Waals surface area contributed by atoms with Crippen LogP contribution < -0.4 is 5.76 Å². The van der Waals surface area contributed by atoms with Crippen molar-refractivity contribution in [2.24, 2.45) is 5.92 Å². The van der Waals surface area contributed by atoms with E-state index in [0.717, 1.165) is 24.1 Å². The highest BCUT2D eigenvalue weighted by Gasteiger charge is 2.32. The first-order valence-corrected chi connectivity index (χ1v) is 7.44. The third kappa shape index (κ3) is 2.17. The number of halogens is 1. The Balaban J connectivity index is 1.98. The minimum atomic E-state index is -0.323. The number of nitrogens with zero attached hydrogens (tertiary/aromatic N) is 1. The summed E-state index contributed by atoms with van der Waals surface area (Å²) in [6.45, 7) is 5.43. The highest BCUT2D eigenvalue weighted by atomic mass is 35.5. The molecule has 1 fully saturated rings. The molecule has 1 aromatic heterocycles. The molecule has 0 radical (unpaired) electrons. The second-order valence-electron chi connectivity index (χ2n) is 5.34. The Morgan fingerprint density at radius 2 is 2.30 bits per heavy atom. The molecular formula is C15H18ClNO3. The molecule has 1 aromatic carbocycles. The Morgan fingerprint density at radius 3 is 2.95 bits per heavy atom. The van der Waals surface area contributed by atoms with Gasteiger partial charge in [-0.1, -0.05) is 13.0 Å². The van der Waals surface area contributed by atoms with Crippen LogP contribution in [0.1, 0.15) is 31.2 Å². The Bertz CT molecular complexity index is 675. The van der Waals surface area contributed by atoms with Gasteiger partial charge in [0.05, 0.1) is 17.0 Å². The van der Waals surface area contributed by atoms with Crippen molar-refractivity contribution in [2.75, 3.05) is 6.61 Å². The molecule has 1 saturated heterocycles. The topological polar surface area (TPSA) is 44.4 Å². The lowest BCUT2D eigenvalue weighted by molar-refractivity contribution is 0.0903. The minimum Gasteiger partial charge on any atom is -0.408 e. The number of hydrogen-bond acceptors (Lipinski definition) is 3. The van der Waals surface area contributed by atoms with Crippen LogP contribution in [0.25, 0.3) is 11.1 Å². The number of aromatic nitrogens is 1. The molecule has 0 amide bonds. The Hall–Kier alpha value is -1.26. The molecule has 108 valence electrons. The molecule has 0 spiro atoms. The van der Waals surface area contributed by atoms with Gasteiger partial charge in [-0.15, -0.1) is 11.6 Å². The molecule has 3 atom stereocenters. The number of fused-ring (bicyclic) bond motifs is 1. The van der Waals surface area contributed by atoms with Crippen LogP contribution in [0.4, 0.5) is 0 Å². The first kappa shape index (κ1) is 13.7. The molecule has 2 heterocycles. The molecule has 3 rings (SSSR count). The summed E-state index contributed by atoms with van der Waals surface area (Å²) in [5, 5.41) is -0.216. The number of rotatable bonds is 3. The van der Waals surface area contributed by atoms with Crippen LogP contribution in [0.15, 0.2) is 27.4 Å². The summed E-state index contributed by atoms with van der Waals surface area (Å²) in [6, 6.07) is 5.71. The van der Waals surface area contributed by atoms with Gasteiger partial charge in [-0.3, -0.25) is 4.57 Å². The smallest absolute Gasteiger partial charge is 0.408 e. The molecule has 0 saturated carbocycles. The van der Waals surface area contributed by atoms with Crippen LogP contribution in [-0.2, 0) is 11.3 Å². The summed E-state index contributed by atoms with van der Waals surface area (Å²) in [7, 11) is 0. The van der Waals surface area contributed by atoms with E-state index >= 15 is 0 Å². The van der Waals surface area contributed by atoms with Crippen molar-refractivity contribution in [3.05, 3.63) is 34.3 Å². The zero-order valence-corrected chi connectivity index (χ0v) is 12.4. The van der Waals surface area contributed by atoms with E-state index < -0.39 is 0 Å². The van der Waals surface area contributed by atoms with E-state index in [1.165, 1.54) is 0 Å². The fourth-order valence-corrected chi connectivity index (χ4v) is 3.29. The molecule has 5 heteroatoms. The van der Waals surface area contributed by atoms with Gasteiger partial charge in [0.25, 0.3) is 0 Å². The first-order valence-electron chi connectivity index (χ1n) is 7.00. The minimum absolute atomic E-state index is 0.0223. The number of hydrogen-bond donors (Lipinski definition) is 0. The summed E-state index contributed by atoms with van der Waals surface area (Å²) in [5.41, 5.74) is 2.34. The van der Waals surface area contributed by atoms with Crippen LogP contribution in [0.5, 0.6) is 0 Å². The molecule has 1 aliphatic heterocycles. The van der Waals surface area contributed by atoms with Crippen LogP contribution >= 0.6 is 11.6 Å². The van der Waals surface area contributed by atoms with Crippen molar-refractivity contribution in [1.82, 2.24) is 4.57 Å². The molecule has 3 unspecified atom stereocenters. The van der Waals surface area contributed by atoms with Gasteiger partial charge in [-0.25, -0.2) is 4.79 Å². The van der Waals surface area contributed by atoms with Crippen LogP contribution in [-0.4, -0.2) is 17.3 Å². The predicted molar refractivity (Wildman–Crippen MR) is 78.3 cm³/mol. The number of alkyl halides is 1. The molecule has 0 aliphatic carbocycles. The van der Waals surface area contributed by atoms with Crippen LogP contribution in [0, 0.1) is 5.92 Å². The third-order valence-electron chi connectivity index (χ3n) is 4.06. The zero-order valence-electron chi connectivity index (χ0n) is 11.6. The Kier molecular flexibility index (Phi) is 3.61. The van der Waals surface area contributed by atoms with E-state index in [-0.39, 0.29) is 17.2 Å². The van der Waals surface area contributed by atoms with Gasteiger partial charge >= 0.3 is 5.76 Å². The predicted octanol–water partition coefficient (Wildman–Crippen LogP) is 3.32. The van der Waals surface area contributed by atoms with Crippen molar-refractivity contribution in [1.29, 1.82) is 0 Å². The summed E-state index contributed by atoms with van der Waals surface area (Å²) in [4.78, 5) is 11.7. The maximum atomic E-state index is 11.7. The van der Waals surface area contributed by atoms with Gasteiger partial charge in [-0.2, -0.15) is 0 Å². The van der Waals surface area contributed by atoms with Crippen LogP contribution in [0.2, 0.25) is 0 Å². The zero-order chi connectivity index (χ0) is 14.3. The average molecular weight is 296 g/mol. The van der Waals surface area contributed by atoms with E-state index in [9.17, 15) is 4.79 Å². The number of aryl methyl sites for hydroxylation is 1. The van der Waals surface area contributed by atoms with Gasteiger partial charge in [0, 0.05) is 13.2 Å². The van der Waals surface area contributed by atoms with Gasteiger partial charge in [-0.05, 0) is 37.0 Å². The molecule has 0 bridgehead atoms. The Morgan fingerprint density at radius 1 is 1.50 bits per heavy atom. The quantitative estimate of drug-likeness (QED) is 0.816. The maximum absolute atomic E-state index is 11.7. The van der Waals surface area contributed by atoms with E-state index in [4.69, 9.17) is 20.8 Å². The summed E-state index contributed by atoms with van der Waals surface area (Å²) in [6.07, 6.45) is 1.06. The molecule has 2 aromatic rings. The second-order valence-corrected chi connectivity index (χ2v) is 5.81.